The van der Waals surface area contributed by atoms with Crippen molar-refractivity contribution in [2.45, 2.75) is 40.0 Å². The zero-order chi connectivity index (χ0) is 10.6. The van der Waals surface area contributed by atoms with Crippen LogP contribution in [0.25, 0.3) is 5.57 Å². The second-order valence-corrected chi connectivity index (χ2v) is 4.30. The maximum Gasteiger partial charge on any atom is 0.129 e. The number of hydrogen-bond donors (Lipinski definition) is 0. The summed E-state index contributed by atoms with van der Waals surface area (Å²) in [6.45, 7) is 10.5. The van der Waals surface area contributed by atoms with Crippen LogP contribution in [-0.2, 0) is 0 Å². The molecule has 1 nitrogen and oxygen atoms in total. The highest BCUT2D eigenvalue weighted by molar-refractivity contribution is 5.58. The van der Waals surface area contributed by atoms with E-state index in [1.165, 1.54) is 12.8 Å². The van der Waals surface area contributed by atoms with Gasteiger partial charge in [-0.1, -0.05) is 26.8 Å². The van der Waals surface area contributed by atoms with E-state index in [2.05, 4.69) is 20.4 Å². The quantitative estimate of drug-likeness (QED) is 0.672. The molecular weight excluding hydrogens is 172 g/mol. The van der Waals surface area contributed by atoms with E-state index in [-0.39, 0.29) is 0 Å². The average Bonchev–Trinajstić information content (AvgIpc) is 2.51. The molecule has 1 aromatic rings. The third kappa shape index (κ3) is 3.41. The Balaban J connectivity index is 2.36. The van der Waals surface area contributed by atoms with Gasteiger partial charge in [0.15, 0.2) is 0 Å². The molecule has 0 fully saturated rings. The van der Waals surface area contributed by atoms with E-state index in [4.69, 9.17) is 4.42 Å². The van der Waals surface area contributed by atoms with Crippen molar-refractivity contribution < 1.29 is 4.42 Å². The van der Waals surface area contributed by atoms with Crippen molar-refractivity contribution in [3.63, 3.8) is 0 Å². The summed E-state index contributed by atoms with van der Waals surface area (Å²) in [5, 5.41) is 0. The fourth-order valence-electron chi connectivity index (χ4n) is 1.47. The molecule has 0 unspecified atom stereocenters. The van der Waals surface area contributed by atoms with Gasteiger partial charge >= 0.3 is 0 Å². The third-order valence-corrected chi connectivity index (χ3v) is 2.35. The highest BCUT2D eigenvalue weighted by atomic mass is 16.3. The molecule has 0 amide bonds. The molecule has 1 heterocycles. The molecule has 14 heavy (non-hydrogen) atoms. The highest BCUT2D eigenvalue weighted by Gasteiger charge is 2.03. The molecule has 78 valence electrons. The predicted octanol–water partition coefficient (Wildman–Crippen LogP) is 4.43. The molecule has 0 spiro atoms. The SMILES string of the molecule is C=C(CCCC(C)C)c1ccc(C)o1. The molecule has 0 N–H and O–H groups in total. The van der Waals surface area contributed by atoms with Gasteiger partial charge in [-0.3, -0.25) is 0 Å². The number of hydrogen-bond acceptors (Lipinski definition) is 1. The lowest BCUT2D eigenvalue weighted by Gasteiger charge is -2.04. The third-order valence-electron chi connectivity index (χ3n) is 2.35. The maximum absolute atomic E-state index is 5.50. The molecular formula is C13H20O. The molecule has 0 atom stereocenters. The first-order chi connectivity index (χ1) is 6.59. The lowest BCUT2D eigenvalue weighted by Crippen LogP contribution is -1.88. The van der Waals surface area contributed by atoms with Crippen LogP contribution in [0.5, 0.6) is 0 Å². The van der Waals surface area contributed by atoms with Gasteiger partial charge < -0.3 is 4.42 Å². The van der Waals surface area contributed by atoms with Crippen LogP contribution < -0.4 is 0 Å². The van der Waals surface area contributed by atoms with E-state index in [1.54, 1.807) is 0 Å². The van der Waals surface area contributed by atoms with Gasteiger partial charge in [0.25, 0.3) is 0 Å². The number of aryl methyl sites for hydroxylation is 1. The molecule has 0 saturated heterocycles. The van der Waals surface area contributed by atoms with Crippen molar-refractivity contribution in [3.8, 4) is 0 Å². The Labute approximate surface area is 86.8 Å². The van der Waals surface area contributed by atoms with Crippen LogP contribution in [0.2, 0.25) is 0 Å². The summed E-state index contributed by atoms with van der Waals surface area (Å²) in [4.78, 5) is 0. The van der Waals surface area contributed by atoms with Gasteiger partial charge in [-0.25, -0.2) is 0 Å². The van der Waals surface area contributed by atoms with Gasteiger partial charge in [-0.05, 0) is 43.4 Å². The van der Waals surface area contributed by atoms with Gasteiger partial charge in [0, 0.05) is 0 Å². The number of allylic oxidation sites excluding steroid dienone is 1. The van der Waals surface area contributed by atoms with Crippen molar-refractivity contribution in [1.29, 1.82) is 0 Å². The van der Waals surface area contributed by atoms with Crippen LogP contribution >= 0.6 is 0 Å². The van der Waals surface area contributed by atoms with Crippen LogP contribution in [0, 0.1) is 12.8 Å². The normalized spacial score (nSPS) is 10.9. The first kappa shape index (κ1) is 11.1. The average molecular weight is 192 g/mol. The van der Waals surface area contributed by atoms with Gasteiger partial charge in [0.05, 0.1) is 0 Å². The minimum absolute atomic E-state index is 0.779. The zero-order valence-electron chi connectivity index (χ0n) is 9.47. The minimum atomic E-state index is 0.779. The Bertz CT molecular complexity index is 294. The summed E-state index contributed by atoms with van der Waals surface area (Å²) in [6.07, 6.45) is 3.51. The van der Waals surface area contributed by atoms with Crippen LogP contribution in [0.3, 0.4) is 0 Å². The molecule has 1 rings (SSSR count). The van der Waals surface area contributed by atoms with Crippen LogP contribution in [0.4, 0.5) is 0 Å². The van der Waals surface area contributed by atoms with E-state index in [0.717, 1.165) is 29.4 Å². The zero-order valence-corrected chi connectivity index (χ0v) is 9.47. The maximum atomic E-state index is 5.50. The van der Waals surface area contributed by atoms with Crippen molar-refractivity contribution in [2.24, 2.45) is 5.92 Å². The lowest BCUT2D eigenvalue weighted by atomic mass is 10.0. The van der Waals surface area contributed by atoms with Crippen molar-refractivity contribution in [1.82, 2.24) is 0 Å². The van der Waals surface area contributed by atoms with Crippen molar-refractivity contribution in [2.75, 3.05) is 0 Å². The van der Waals surface area contributed by atoms with Crippen molar-refractivity contribution >= 4 is 5.57 Å². The fraction of sp³-hybridized carbons (Fsp3) is 0.538. The summed E-state index contributed by atoms with van der Waals surface area (Å²) in [7, 11) is 0. The van der Waals surface area contributed by atoms with E-state index in [9.17, 15) is 0 Å². The van der Waals surface area contributed by atoms with Crippen LogP contribution in [0.15, 0.2) is 23.1 Å². The number of rotatable bonds is 5. The van der Waals surface area contributed by atoms with Gasteiger partial charge in [-0.2, -0.15) is 0 Å². The van der Waals surface area contributed by atoms with Crippen LogP contribution in [0.1, 0.15) is 44.6 Å². The minimum Gasteiger partial charge on any atom is -0.462 e. The molecule has 0 aliphatic heterocycles. The topological polar surface area (TPSA) is 13.1 Å². The molecule has 0 radical (unpaired) electrons. The van der Waals surface area contributed by atoms with Gasteiger partial charge in [-0.15, -0.1) is 0 Å². The second kappa shape index (κ2) is 5.04. The summed E-state index contributed by atoms with van der Waals surface area (Å²) < 4.78 is 5.50. The van der Waals surface area contributed by atoms with E-state index < -0.39 is 0 Å². The summed E-state index contributed by atoms with van der Waals surface area (Å²) >= 11 is 0. The van der Waals surface area contributed by atoms with Gasteiger partial charge in [0.2, 0.25) is 0 Å². The largest absolute Gasteiger partial charge is 0.462 e. The molecule has 0 saturated carbocycles. The van der Waals surface area contributed by atoms with E-state index >= 15 is 0 Å². The summed E-state index contributed by atoms with van der Waals surface area (Å²) in [6, 6.07) is 4.00. The molecule has 0 aromatic carbocycles. The monoisotopic (exact) mass is 192 g/mol. The molecule has 0 bridgehead atoms. The number of furan rings is 1. The Morgan fingerprint density at radius 3 is 2.64 bits per heavy atom. The van der Waals surface area contributed by atoms with E-state index in [1.807, 2.05) is 19.1 Å². The van der Waals surface area contributed by atoms with Gasteiger partial charge in [0.1, 0.15) is 11.5 Å². The first-order valence-corrected chi connectivity index (χ1v) is 5.34. The molecule has 1 aromatic heterocycles. The highest BCUT2D eigenvalue weighted by Crippen LogP contribution is 2.21. The lowest BCUT2D eigenvalue weighted by molar-refractivity contribution is 0.514. The molecule has 0 aliphatic rings. The Hall–Kier alpha value is -0.980. The summed E-state index contributed by atoms with van der Waals surface area (Å²) in [5.41, 5.74) is 1.12. The Morgan fingerprint density at radius 1 is 1.43 bits per heavy atom. The standard InChI is InChI=1S/C13H20O/c1-10(2)6-5-7-11(3)13-9-8-12(4)14-13/h8-10H,3,5-7H2,1-2,4H3. The van der Waals surface area contributed by atoms with E-state index in [0.29, 0.717) is 0 Å². The first-order valence-electron chi connectivity index (χ1n) is 5.34. The summed E-state index contributed by atoms with van der Waals surface area (Å²) in [5.74, 6) is 2.69. The molecule has 0 aliphatic carbocycles. The Kier molecular flexibility index (Phi) is 3.99. The molecule has 1 heteroatoms. The smallest absolute Gasteiger partial charge is 0.129 e. The van der Waals surface area contributed by atoms with Crippen LogP contribution in [-0.4, -0.2) is 0 Å². The fourth-order valence-corrected chi connectivity index (χ4v) is 1.47. The predicted molar refractivity (Wildman–Crippen MR) is 61.2 cm³/mol. The van der Waals surface area contributed by atoms with Crippen molar-refractivity contribution in [3.05, 3.63) is 30.2 Å². The second-order valence-electron chi connectivity index (χ2n) is 4.30. The Morgan fingerprint density at radius 2 is 2.14 bits per heavy atom.